The number of methoxy groups -OCH3 is 1. The monoisotopic (exact) mass is 522 g/mol. The zero-order valence-electron chi connectivity index (χ0n) is 22.1. The van der Waals surface area contributed by atoms with Crippen molar-refractivity contribution in [1.29, 1.82) is 0 Å². The molecule has 2 aromatic rings. The van der Waals surface area contributed by atoms with Crippen molar-refractivity contribution in [3.05, 3.63) is 47.8 Å². The number of pyridine rings is 1. The molecule has 10 heteroatoms. The molecular weight excluding hydrogens is 486 g/mol. The summed E-state index contributed by atoms with van der Waals surface area (Å²) in [7, 11) is 1.34. The lowest BCUT2D eigenvalue weighted by atomic mass is 9.93. The smallest absolute Gasteiger partial charge is 0.329 e. The van der Waals surface area contributed by atoms with Crippen molar-refractivity contribution in [2.75, 3.05) is 7.11 Å². The maximum Gasteiger partial charge on any atom is 0.329 e. The molecule has 0 aliphatic rings. The van der Waals surface area contributed by atoms with Gasteiger partial charge >= 0.3 is 5.97 Å². The molecule has 0 spiro atoms. The molecule has 3 atom stereocenters. The van der Waals surface area contributed by atoms with Gasteiger partial charge in [-0.05, 0) is 50.2 Å². The summed E-state index contributed by atoms with van der Waals surface area (Å²) in [6.07, 6.45) is 1.22. The normalized spacial score (nSPS) is 13.7. The minimum Gasteiger partial charge on any atom is -0.503 e. The Labute approximate surface area is 216 Å². The molecule has 0 saturated heterocycles. The Balaban J connectivity index is 2.26. The van der Waals surface area contributed by atoms with E-state index in [1.165, 1.54) is 19.4 Å². The molecule has 2 N–H and O–H groups in total. The second-order valence-corrected chi connectivity index (χ2v) is 9.24. The Morgan fingerprint density at radius 2 is 1.76 bits per heavy atom. The summed E-state index contributed by atoms with van der Waals surface area (Å²) in [5, 5.41) is 12.9. The van der Waals surface area contributed by atoms with Gasteiger partial charge in [0.1, 0.15) is 24.1 Å². The number of carbonyl (C=O) groups is 2. The summed E-state index contributed by atoms with van der Waals surface area (Å²) < 4.78 is 44.6. The molecule has 2 rings (SSSR count). The van der Waals surface area contributed by atoms with E-state index in [4.69, 9.17) is 14.2 Å². The summed E-state index contributed by atoms with van der Waals surface area (Å²) in [5.74, 6) is -3.67. The quantitative estimate of drug-likeness (QED) is 0.355. The van der Waals surface area contributed by atoms with E-state index in [2.05, 4.69) is 10.3 Å². The molecule has 1 aromatic heterocycles. The van der Waals surface area contributed by atoms with Crippen molar-refractivity contribution in [3.8, 4) is 17.2 Å². The van der Waals surface area contributed by atoms with Crippen molar-refractivity contribution >= 4 is 11.9 Å². The SMILES string of the molecule is CCC(CC)[C@H](Oc1cc(F)ccc1F)[C@H](C)OC(=O)[C@H](CC(C)C)NC(=O)c1nccc(OC)c1O. The Morgan fingerprint density at radius 3 is 2.35 bits per heavy atom. The van der Waals surface area contributed by atoms with Crippen LogP contribution in [0.25, 0.3) is 0 Å². The average Bonchev–Trinajstić information content (AvgIpc) is 2.85. The molecule has 1 amide bonds. The van der Waals surface area contributed by atoms with Gasteiger partial charge in [-0.1, -0.05) is 27.7 Å². The highest BCUT2D eigenvalue weighted by Gasteiger charge is 2.33. The van der Waals surface area contributed by atoms with Crippen LogP contribution in [-0.4, -0.2) is 47.3 Å². The Morgan fingerprint density at radius 1 is 1.08 bits per heavy atom. The number of aromatic hydroxyl groups is 1. The van der Waals surface area contributed by atoms with E-state index in [1.807, 2.05) is 27.7 Å². The van der Waals surface area contributed by atoms with Crippen LogP contribution >= 0.6 is 0 Å². The standard InChI is InChI=1S/C27H36F2N2O6/c1-7-17(8-2)25(37-22-14-18(28)9-10-19(22)29)16(5)36-27(34)20(13-15(3)4)31-26(33)23-24(32)21(35-6)11-12-30-23/h9-12,14-17,20,25,32H,7-8,13H2,1-6H3,(H,31,33)/t16-,20-,25+/m0/s1. The number of amides is 1. The molecular formula is C27H36F2N2O6. The minimum absolute atomic E-state index is 0.00694. The largest absolute Gasteiger partial charge is 0.503 e. The number of benzene rings is 1. The fourth-order valence-corrected chi connectivity index (χ4v) is 4.05. The molecule has 0 bridgehead atoms. The summed E-state index contributed by atoms with van der Waals surface area (Å²) >= 11 is 0. The van der Waals surface area contributed by atoms with E-state index in [0.717, 1.165) is 18.2 Å². The number of nitrogens with one attached hydrogen (secondary N) is 1. The van der Waals surface area contributed by atoms with Gasteiger partial charge in [-0.3, -0.25) is 4.79 Å². The fourth-order valence-electron chi connectivity index (χ4n) is 4.05. The van der Waals surface area contributed by atoms with E-state index < -0.39 is 47.5 Å². The van der Waals surface area contributed by atoms with Crippen molar-refractivity contribution in [3.63, 3.8) is 0 Å². The predicted molar refractivity (Wildman–Crippen MR) is 134 cm³/mol. The summed E-state index contributed by atoms with van der Waals surface area (Å²) in [6.45, 7) is 9.22. The van der Waals surface area contributed by atoms with Gasteiger partial charge in [-0.15, -0.1) is 0 Å². The molecule has 1 heterocycles. The molecule has 0 unspecified atom stereocenters. The molecule has 8 nitrogen and oxygen atoms in total. The third-order valence-electron chi connectivity index (χ3n) is 6.05. The number of hydrogen-bond acceptors (Lipinski definition) is 7. The molecule has 0 saturated carbocycles. The zero-order chi connectivity index (χ0) is 27.7. The number of nitrogens with zero attached hydrogens (tertiary/aromatic N) is 1. The van der Waals surface area contributed by atoms with E-state index in [9.17, 15) is 23.5 Å². The van der Waals surface area contributed by atoms with Crippen LogP contribution in [0.1, 0.15) is 64.4 Å². The highest BCUT2D eigenvalue weighted by Crippen LogP contribution is 2.29. The number of esters is 1. The van der Waals surface area contributed by atoms with Crippen LogP contribution in [0.2, 0.25) is 0 Å². The maximum atomic E-state index is 14.3. The van der Waals surface area contributed by atoms with Gasteiger partial charge in [-0.25, -0.2) is 18.6 Å². The van der Waals surface area contributed by atoms with Crippen molar-refractivity contribution in [2.45, 2.75) is 72.1 Å². The summed E-state index contributed by atoms with van der Waals surface area (Å²) in [4.78, 5) is 30.0. The van der Waals surface area contributed by atoms with Crippen molar-refractivity contribution in [2.24, 2.45) is 11.8 Å². The number of hydrogen-bond donors (Lipinski definition) is 2. The molecule has 0 aliphatic carbocycles. The van der Waals surface area contributed by atoms with Crippen LogP contribution in [0.4, 0.5) is 8.78 Å². The van der Waals surface area contributed by atoms with Gasteiger partial charge in [0.15, 0.2) is 28.8 Å². The van der Waals surface area contributed by atoms with E-state index in [-0.39, 0.29) is 35.4 Å². The lowest BCUT2D eigenvalue weighted by Crippen LogP contribution is -2.47. The predicted octanol–water partition coefficient (Wildman–Crippen LogP) is 5.03. The van der Waals surface area contributed by atoms with E-state index >= 15 is 0 Å². The molecule has 0 aliphatic heterocycles. The van der Waals surface area contributed by atoms with Gasteiger partial charge in [0, 0.05) is 18.3 Å². The molecule has 0 radical (unpaired) electrons. The molecule has 37 heavy (non-hydrogen) atoms. The topological polar surface area (TPSA) is 107 Å². The van der Waals surface area contributed by atoms with Gasteiger partial charge in [0.2, 0.25) is 0 Å². The third-order valence-corrected chi connectivity index (χ3v) is 6.05. The van der Waals surface area contributed by atoms with Gasteiger partial charge in [0.25, 0.3) is 5.91 Å². The second-order valence-electron chi connectivity index (χ2n) is 9.24. The Kier molecular flexibility index (Phi) is 11.1. The van der Waals surface area contributed by atoms with E-state index in [0.29, 0.717) is 12.8 Å². The highest BCUT2D eigenvalue weighted by molar-refractivity contribution is 5.97. The third kappa shape index (κ3) is 8.03. The van der Waals surface area contributed by atoms with Gasteiger partial charge in [0.05, 0.1) is 7.11 Å². The first-order chi connectivity index (χ1) is 17.5. The van der Waals surface area contributed by atoms with Crippen LogP contribution in [0.15, 0.2) is 30.5 Å². The van der Waals surface area contributed by atoms with Crippen molar-refractivity contribution in [1.82, 2.24) is 10.3 Å². The van der Waals surface area contributed by atoms with Crippen LogP contribution in [0, 0.1) is 23.5 Å². The number of halogens is 2. The zero-order valence-corrected chi connectivity index (χ0v) is 22.1. The summed E-state index contributed by atoms with van der Waals surface area (Å²) in [5.41, 5.74) is -0.297. The first-order valence-electron chi connectivity index (χ1n) is 12.4. The highest BCUT2D eigenvalue weighted by atomic mass is 19.1. The summed E-state index contributed by atoms with van der Waals surface area (Å²) in [6, 6.07) is 3.26. The first-order valence-corrected chi connectivity index (χ1v) is 12.4. The van der Waals surface area contributed by atoms with Crippen molar-refractivity contribution < 1.29 is 37.7 Å². The fraction of sp³-hybridized carbons (Fsp3) is 0.519. The van der Waals surface area contributed by atoms with Crippen LogP contribution in [0.3, 0.4) is 0 Å². The Bertz CT molecular complexity index is 1060. The van der Waals surface area contributed by atoms with Crippen LogP contribution in [0.5, 0.6) is 17.2 Å². The van der Waals surface area contributed by atoms with E-state index in [1.54, 1.807) is 6.92 Å². The van der Waals surface area contributed by atoms with Crippen LogP contribution in [-0.2, 0) is 9.53 Å². The Hall–Kier alpha value is -3.43. The molecule has 0 fully saturated rings. The molecule has 204 valence electrons. The number of rotatable bonds is 13. The number of carbonyl (C=O) groups excluding carboxylic acids is 2. The molecule has 1 aromatic carbocycles. The number of aromatic nitrogens is 1. The minimum atomic E-state index is -1.06. The number of ether oxygens (including phenoxy) is 3. The van der Waals surface area contributed by atoms with Crippen LogP contribution < -0.4 is 14.8 Å². The average molecular weight is 523 g/mol. The van der Waals surface area contributed by atoms with Gasteiger partial charge in [-0.2, -0.15) is 0 Å². The lowest BCUT2D eigenvalue weighted by molar-refractivity contribution is -0.157. The second kappa shape index (κ2) is 13.8. The lowest BCUT2D eigenvalue weighted by Gasteiger charge is -2.32. The van der Waals surface area contributed by atoms with Gasteiger partial charge < -0.3 is 24.6 Å². The first kappa shape index (κ1) is 29.8. The maximum absolute atomic E-state index is 14.3.